The molecule has 0 aliphatic heterocycles. The Bertz CT molecular complexity index is 385. The van der Waals surface area contributed by atoms with Crippen LogP contribution in [0.25, 0.3) is 0 Å². The summed E-state index contributed by atoms with van der Waals surface area (Å²) in [5.41, 5.74) is 0.0935. The first-order chi connectivity index (χ1) is 8.90. The van der Waals surface area contributed by atoms with Gasteiger partial charge in [-0.2, -0.15) is 0 Å². The SMILES string of the molecule is CC(C)N(Cc1cccs1)CC1CCC(C)(C)C1O. The van der Waals surface area contributed by atoms with Crippen LogP contribution in [0.4, 0.5) is 0 Å². The Labute approximate surface area is 121 Å². The molecular weight excluding hydrogens is 254 g/mol. The smallest absolute Gasteiger partial charge is 0.0631 e. The lowest BCUT2D eigenvalue weighted by atomic mass is 9.87. The largest absolute Gasteiger partial charge is 0.392 e. The van der Waals surface area contributed by atoms with Crippen LogP contribution in [-0.4, -0.2) is 28.7 Å². The predicted octanol–water partition coefficient (Wildman–Crippen LogP) is 3.76. The van der Waals surface area contributed by atoms with Gasteiger partial charge in [0.05, 0.1) is 6.10 Å². The normalized spacial score (nSPS) is 26.5. The highest BCUT2D eigenvalue weighted by molar-refractivity contribution is 7.09. The number of rotatable bonds is 5. The standard InChI is InChI=1S/C16H27NOS/c1-12(2)17(11-14-6-5-9-19-14)10-13-7-8-16(3,4)15(13)18/h5-6,9,12-13,15,18H,7-8,10-11H2,1-4H3. The van der Waals surface area contributed by atoms with E-state index in [-0.39, 0.29) is 11.5 Å². The summed E-state index contributed by atoms with van der Waals surface area (Å²) in [4.78, 5) is 3.92. The summed E-state index contributed by atoms with van der Waals surface area (Å²) in [5, 5.41) is 12.6. The van der Waals surface area contributed by atoms with E-state index in [9.17, 15) is 5.11 Å². The molecule has 1 saturated carbocycles. The minimum absolute atomic E-state index is 0.0935. The molecule has 108 valence electrons. The fourth-order valence-corrected chi connectivity index (χ4v) is 3.78. The van der Waals surface area contributed by atoms with Crippen molar-refractivity contribution < 1.29 is 5.11 Å². The molecule has 2 atom stereocenters. The molecule has 1 aromatic rings. The van der Waals surface area contributed by atoms with Crippen LogP contribution in [0.2, 0.25) is 0 Å². The Balaban J connectivity index is 1.98. The highest BCUT2D eigenvalue weighted by Crippen LogP contribution is 2.41. The first kappa shape index (κ1) is 15.0. The summed E-state index contributed by atoms with van der Waals surface area (Å²) in [6.07, 6.45) is 2.14. The van der Waals surface area contributed by atoms with Crippen LogP contribution in [-0.2, 0) is 6.54 Å². The quantitative estimate of drug-likeness (QED) is 0.888. The molecule has 1 aliphatic carbocycles. The maximum Gasteiger partial charge on any atom is 0.0631 e. The second-order valence-electron chi connectivity index (χ2n) is 6.83. The molecule has 2 nitrogen and oxygen atoms in total. The molecule has 0 radical (unpaired) electrons. The fourth-order valence-electron chi connectivity index (χ4n) is 3.05. The van der Waals surface area contributed by atoms with Crippen molar-refractivity contribution >= 4 is 11.3 Å². The van der Waals surface area contributed by atoms with Gasteiger partial charge in [-0.25, -0.2) is 0 Å². The molecule has 0 aromatic carbocycles. The van der Waals surface area contributed by atoms with E-state index in [1.54, 1.807) is 0 Å². The molecule has 19 heavy (non-hydrogen) atoms. The number of hydrogen-bond donors (Lipinski definition) is 1. The Morgan fingerprint density at radius 3 is 2.68 bits per heavy atom. The summed E-state index contributed by atoms with van der Waals surface area (Å²) < 4.78 is 0. The van der Waals surface area contributed by atoms with Gasteiger partial charge in [0.2, 0.25) is 0 Å². The van der Waals surface area contributed by atoms with E-state index >= 15 is 0 Å². The van der Waals surface area contributed by atoms with Gasteiger partial charge in [-0.3, -0.25) is 4.90 Å². The molecule has 0 saturated heterocycles. The number of aliphatic hydroxyl groups excluding tert-OH is 1. The molecule has 1 aliphatic rings. The molecule has 1 fully saturated rings. The molecule has 2 rings (SSSR count). The summed E-state index contributed by atoms with van der Waals surface area (Å²) in [6.45, 7) is 10.9. The van der Waals surface area contributed by atoms with Gasteiger partial charge >= 0.3 is 0 Å². The van der Waals surface area contributed by atoms with E-state index in [0.29, 0.717) is 12.0 Å². The summed E-state index contributed by atoms with van der Waals surface area (Å²) >= 11 is 1.82. The van der Waals surface area contributed by atoms with Gasteiger partial charge in [-0.1, -0.05) is 19.9 Å². The number of thiophene rings is 1. The van der Waals surface area contributed by atoms with E-state index in [1.807, 2.05) is 11.3 Å². The third kappa shape index (κ3) is 3.59. The number of nitrogens with zero attached hydrogens (tertiary/aromatic N) is 1. The zero-order chi connectivity index (χ0) is 14.0. The first-order valence-electron chi connectivity index (χ1n) is 7.34. The molecule has 2 unspecified atom stereocenters. The van der Waals surface area contributed by atoms with Crippen molar-refractivity contribution in [1.29, 1.82) is 0 Å². The zero-order valence-electron chi connectivity index (χ0n) is 12.6. The summed E-state index contributed by atoms with van der Waals surface area (Å²) in [6, 6.07) is 4.85. The van der Waals surface area contributed by atoms with E-state index < -0.39 is 0 Å². The first-order valence-corrected chi connectivity index (χ1v) is 8.22. The van der Waals surface area contributed by atoms with Crippen LogP contribution < -0.4 is 0 Å². The monoisotopic (exact) mass is 281 g/mol. The number of aliphatic hydroxyl groups is 1. The van der Waals surface area contributed by atoms with Gasteiger partial charge in [0.1, 0.15) is 0 Å². The van der Waals surface area contributed by atoms with Crippen LogP contribution in [0.15, 0.2) is 17.5 Å². The van der Waals surface area contributed by atoms with Crippen LogP contribution >= 0.6 is 11.3 Å². The minimum Gasteiger partial charge on any atom is -0.392 e. The molecule has 1 heterocycles. The molecular formula is C16H27NOS. The lowest BCUT2D eigenvalue weighted by molar-refractivity contribution is 0.0272. The van der Waals surface area contributed by atoms with E-state index in [2.05, 4.69) is 50.1 Å². The second kappa shape index (κ2) is 5.94. The van der Waals surface area contributed by atoms with Crippen LogP contribution in [0.5, 0.6) is 0 Å². The Morgan fingerprint density at radius 2 is 2.21 bits per heavy atom. The van der Waals surface area contributed by atoms with Crippen LogP contribution in [0.1, 0.15) is 45.4 Å². The summed E-state index contributed by atoms with van der Waals surface area (Å²) in [5.74, 6) is 0.428. The molecule has 3 heteroatoms. The van der Waals surface area contributed by atoms with Gasteiger partial charge < -0.3 is 5.11 Å². The van der Waals surface area contributed by atoms with Gasteiger partial charge in [0, 0.05) is 24.0 Å². The van der Waals surface area contributed by atoms with E-state index in [0.717, 1.165) is 25.9 Å². The lowest BCUT2D eigenvalue weighted by Gasteiger charge is -2.32. The Morgan fingerprint density at radius 1 is 1.47 bits per heavy atom. The van der Waals surface area contributed by atoms with Gasteiger partial charge in [0.25, 0.3) is 0 Å². The topological polar surface area (TPSA) is 23.5 Å². The average molecular weight is 281 g/mol. The van der Waals surface area contributed by atoms with Crippen molar-refractivity contribution in [2.75, 3.05) is 6.54 Å². The van der Waals surface area contributed by atoms with Crippen molar-refractivity contribution in [2.24, 2.45) is 11.3 Å². The highest BCUT2D eigenvalue weighted by Gasteiger charge is 2.41. The minimum atomic E-state index is -0.155. The molecule has 0 spiro atoms. The Hall–Kier alpha value is -0.380. The molecule has 0 bridgehead atoms. The number of hydrogen-bond acceptors (Lipinski definition) is 3. The predicted molar refractivity (Wildman–Crippen MR) is 82.4 cm³/mol. The van der Waals surface area contributed by atoms with E-state index in [4.69, 9.17) is 0 Å². The zero-order valence-corrected chi connectivity index (χ0v) is 13.4. The van der Waals surface area contributed by atoms with Crippen LogP contribution in [0.3, 0.4) is 0 Å². The third-order valence-electron chi connectivity index (χ3n) is 4.54. The maximum absolute atomic E-state index is 10.4. The average Bonchev–Trinajstić information content (AvgIpc) is 2.92. The lowest BCUT2D eigenvalue weighted by Crippen LogP contribution is -2.39. The molecule has 1 aromatic heterocycles. The maximum atomic E-state index is 10.4. The van der Waals surface area contributed by atoms with Gasteiger partial charge in [-0.15, -0.1) is 11.3 Å². The highest BCUT2D eigenvalue weighted by atomic mass is 32.1. The molecule has 0 amide bonds. The van der Waals surface area contributed by atoms with Crippen molar-refractivity contribution in [2.45, 2.75) is 59.2 Å². The summed E-state index contributed by atoms with van der Waals surface area (Å²) in [7, 11) is 0. The van der Waals surface area contributed by atoms with Crippen molar-refractivity contribution in [3.8, 4) is 0 Å². The third-order valence-corrected chi connectivity index (χ3v) is 5.41. The fraction of sp³-hybridized carbons (Fsp3) is 0.750. The Kier molecular flexibility index (Phi) is 4.70. The van der Waals surface area contributed by atoms with Crippen molar-refractivity contribution in [3.05, 3.63) is 22.4 Å². The second-order valence-corrected chi connectivity index (χ2v) is 7.87. The van der Waals surface area contributed by atoms with Crippen molar-refractivity contribution in [1.82, 2.24) is 4.90 Å². The van der Waals surface area contributed by atoms with Gasteiger partial charge in [0.15, 0.2) is 0 Å². The van der Waals surface area contributed by atoms with E-state index in [1.165, 1.54) is 4.88 Å². The molecule has 1 N–H and O–H groups in total. The van der Waals surface area contributed by atoms with Crippen LogP contribution in [0, 0.1) is 11.3 Å². The van der Waals surface area contributed by atoms with Gasteiger partial charge in [-0.05, 0) is 49.5 Å². The van der Waals surface area contributed by atoms with Crippen molar-refractivity contribution in [3.63, 3.8) is 0 Å².